The largest absolute Gasteiger partial charge is 0.347 e. The summed E-state index contributed by atoms with van der Waals surface area (Å²) in [6.45, 7) is 6.61. The molecular weight excluding hydrogens is 432 g/mol. The number of amides is 1. The molecule has 1 aromatic carbocycles. The number of nitrogens with zero attached hydrogens (tertiary/aromatic N) is 3. The Morgan fingerprint density at radius 2 is 1.74 bits per heavy atom. The number of nitrogens with one attached hydrogen (secondary N) is 1. The molecule has 2 aliphatic heterocycles. The molecule has 0 aliphatic carbocycles. The van der Waals surface area contributed by atoms with Crippen molar-refractivity contribution in [1.29, 1.82) is 0 Å². The molecule has 2 fully saturated rings. The van der Waals surface area contributed by atoms with Gasteiger partial charge >= 0.3 is 0 Å². The molecule has 0 spiro atoms. The van der Waals surface area contributed by atoms with Crippen LogP contribution in [0.3, 0.4) is 0 Å². The second-order valence-corrected chi connectivity index (χ2v) is 11.1. The first kappa shape index (κ1) is 22.4. The van der Waals surface area contributed by atoms with E-state index in [-0.39, 0.29) is 15.7 Å². The van der Waals surface area contributed by atoms with Crippen LogP contribution in [-0.4, -0.2) is 74.7 Å². The zero-order valence-electron chi connectivity index (χ0n) is 17.9. The van der Waals surface area contributed by atoms with Crippen molar-refractivity contribution in [3.05, 3.63) is 51.7 Å². The molecule has 31 heavy (non-hydrogen) atoms. The lowest BCUT2D eigenvalue weighted by molar-refractivity contribution is 0.0952. The van der Waals surface area contributed by atoms with Crippen molar-refractivity contribution in [2.24, 2.45) is 0 Å². The van der Waals surface area contributed by atoms with Crippen LogP contribution in [0.15, 0.2) is 40.6 Å². The van der Waals surface area contributed by atoms with Gasteiger partial charge in [-0.2, -0.15) is 4.31 Å². The van der Waals surface area contributed by atoms with Crippen LogP contribution in [-0.2, 0) is 23.1 Å². The Kier molecular flexibility index (Phi) is 7.08. The lowest BCUT2D eigenvalue weighted by Crippen LogP contribution is -2.43. The molecule has 9 heteroatoms. The molecule has 1 N–H and O–H groups in total. The maximum atomic E-state index is 12.9. The zero-order valence-corrected chi connectivity index (χ0v) is 19.6. The van der Waals surface area contributed by atoms with Gasteiger partial charge in [-0.15, -0.1) is 11.3 Å². The number of thiophene rings is 1. The molecule has 7 nitrogen and oxygen atoms in total. The highest BCUT2D eigenvalue weighted by Crippen LogP contribution is 2.27. The Morgan fingerprint density at radius 3 is 2.48 bits per heavy atom. The summed E-state index contributed by atoms with van der Waals surface area (Å²) in [5.74, 6) is -0.336. The number of piperazine rings is 1. The molecule has 0 unspecified atom stereocenters. The average Bonchev–Trinajstić information content (AvgIpc) is 3.47. The number of carbonyl (C=O) groups excluding carboxylic acids is 1. The second-order valence-electron chi connectivity index (χ2n) is 8.31. The van der Waals surface area contributed by atoms with E-state index in [2.05, 4.69) is 34.3 Å². The fourth-order valence-electron chi connectivity index (χ4n) is 4.10. The van der Waals surface area contributed by atoms with Crippen molar-refractivity contribution in [2.75, 3.05) is 46.3 Å². The molecule has 1 amide bonds. The first-order valence-corrected chi connectivity index (χ1v) is 13.1. The summed E-state index contributed by atoms with van der Waals surface area (Å²) in [6, 6.07) is 9.79. The number of carbonyl (C=O) groups is 1. The maximum Gasteiger partial charge on any atom is 0.263 e. The summed E-state index contributed by atoms with van der Waals surface area (Å²) in [7, 11) is -1.46. The summed E-state index contributed by atoms with van der Waals surface area (Å²) in [5.41, 5.74) is 2.24. The van der Waals surface area contributed by atoms with Gasteiger partial charge in [0.15, 0.2) is 0 Å². The molecule has 2 aromatic rings. The smallest absolute Gasteiger partial charge is 0.263 e. The van der Waals surface area contributed by atoms with Crippen molar-refractivity contribution < 1.29 is 13.2 Å². The van der Waals surface area contributed by atoms with Gasteiger partial charge in [-0.1, -0.05) is 24.3 Å². The predicted octanol–water partition coefficient (Wildman–Crippen LogP) is 2.21. The Hall–Kier alpha value is -1.78. The van der Waals surface area contributed by atoms with Gasteiger partial charge in [0, 0.05) is 52.4 Å². The molecule has 0 bridgehead atoms. The standard InChI is InChI=1S/C22H30N4O3S2/c1-24-10-12-25(13-11-24)17-19-6-4-5-18(15-19)16-23-22(27)21-20(7-14-30-21)31(28,29)26-8-2-3-9-26/h4-7,14-15H,2-3,8-13,16-17H2,1H3,(H,23,27). The van der Waals surface area contributed by atoms with E-state index in [1.54, 1.807) is 11.4 Å². The van der Waals surface area contributed by atoms with E-state index >= 15 is 0 Å². The van der Waals surface area contributed by atoms with E-state index in [1.807, 2.05) is 12.1 Å². The van der Waals surface area contributed by atoms with Crippen molar-refractivity contribution in [1.82, 2.24) is 19.4 Å². The number of hydrogen-bond donors (Lipinski definition) is 1. The highest BCUT2D eigenvalue weighted by molar-refractivity contribution is 7.89. The van der Waals surface area contributed by atoms with Crippen LogP contribution >= 0.6 is 11.3 Å². The van der Waals surface area contributed by atoms with Crippen molar-refractivity contribution in [3.63, 3.8) is 0 Å². The molecule has 3 heterocycles. The quantitative estimate of drug-likeness (QED) is 0.683. The molecule has 0 saturated carbocycles. The van der Waals surface area contributed by atoms with Crippen LogP contribution in [0, 0.1) is 0 Å². The van der Waals surface area contributed by atoms with Gasteiger partial charge in [0.2, 0.25) is 10.0 Å². The van der Waals surface area contributed by atoms with E-state index in [4.69, 9.17) is 0 Å². The van der Waals surface area contributed by atoms with Gasteiger partial charge in [0.1, 0.15) is 9.77 Å². The van der Waals surface area contributed by atoms with Crippen LogP contribution < -0.4 is 5.32 Å². The van der Waals surface area contributed by atoms with E-state index < -0.39 is 10.0 Å². The zero-order chi connectivity index (χ0) is 21.8. The van der Waals surface area contributed by atoms with E-state index in [0.29, 0.717) is 19.6 Å². The molecule has 2 aliphatic rings. The second kappa shape index (κ2) is 9.79. The van der Waals surface area contributed by atoms with Crippen molar-refractivity contribution >= 4 is 27.3 Å². The number of rotatable bonds is 7. The topological polar surface area (TPSA) is 73.0 Å². The lowest BCUT2D eigenvalue weighted by Gasteiger charge is -2.32. The number of hydrogen-bond acceptors (Lipinski definition) is 6. The van der Waals surface area contributed by atoms with Gasteiger partial charge in [0.05, 0.1) is 0 Å². The van der Waals surface area contributed by atoms with E-state index in [0.717, 1.165) is 51.1 Å². The molecule has 0 atom stereocenters. The molecule has 168 valence electrons. The van der Waals surface area contributed by atoms with Crippen molar-refractivity contribution in [3.8, 4) is 0 Å². The third-order valence-corrected chi connectivity index (χ3v) is 8.95. The van der Waals surface area contributed by atoms with Gasteiger partial charge in [-0.05, 0) is 42.5 Å². The summed E-state index contributed by atoms with van der Waals surface area (Å²) in [4.78, 5) is 18.0. The maximum absolute atomic E-state index is 12.9. The van der Waals surface area contributed by atoms with Crippen LogP contribution in [0.25, 0.3) is 0 Å². The number of likely N-dealkylation sites (N-methyl/N-ethyl adjacent to an activating group) is 1. The van der Waals surface area contributed by atoms with Crippen LogP contribution in [0.4, 0.5) is 0 Å². The average molecular weight is 463 g/mol. The van der Waals surface area contributed by atoms with Crippen LogP contribution in [0.1, 0.15) is 33.6 Å². The van der Waals surface area contributed by atoms with Gasteiger partial charge < -0.3 is 10.2 Å². The summed E-state index contributed by atoms with van der Waals surface area (Å²) in [6.07, 6.45) is 1.74. The third kappa shape index (κ3) is 5.35. The monoisotopic (exact) mass is 462 g/mol. The minimum absolute atomic E-state index is 0.126. The SMILES string of the molecule is CN1CCN(Cc2cccc(CNC(=O)c3sccc3S(=O)(=O)N3CCCC3)c2)CC1. The molecular formula is C22H30N4O3S2. The Bertz CT molecular complexity index is 1010. The Morgan fingerprint density at radius 1 is 1.03 bits per heavy atom. The number of sulfonamides is 1. The van der Waals surface area contributed by atoms with Gasteiger partial charge in [-0.3, -0.25) is 9.69 Å². The van der Waals surface area contributed by atoms with Crippen molar-refractivity contribution in [2.45, 2.75) is 30.8 Å². The van der Waals surface area contributed by atoms with Crippen LogP contribution in [0.2, 0.25) is 0 Å². The fraction of sp³-hybridized carbons (Fsp3) is 0.500. The van der Waals surface area contributed by atoms with E-state index in [9.17, 15) is 13.2 Å². The first-order valence-electron chi connectivity index (χ1n) is 10.8. The Balaban J connectivity index is 1.38. The normalized spacial score (nSPS) is 19.0. The summed E-state index contributed by atoms with van der Waals surface area (Å²) < 4.78 is 27.3. The molecule has 2 saturated heterocycles. The summed E-state index contributed by atoms with van der Waals surface area (Å²) in [5, 5.41) is 4.58. The van der Waals surface area contributed by atoms with E-state index in [1.165, 1.54) is 21.2 Å². The fourth-order valence-corrected chi connectivity index (χ4v) is 6.93. The minimum atomic E-state index is -3.61. The Labute approximate surface area is 188 Å². The van der Waals surface area contributed by atoms with Crippen LogP contribution in [0.5, 0.6) is 0 Å². The number of benzene rings is 1. The predicted molar refractivity (Wildman–Crippen MR) is 123 cm³/mol. The minimum Gasteiger partial charge on any atom is -0.347 e. The lowest BCUT2D eigenvalue weighted by atomic mass is 10.1. The molecule has 4 rings (SSSR count). The molecule has 1 aromatic heterocycles. The third-order valence-electron chi connectivity index (χ3n) is 5.96. The van der Waals surface area contributed by atoms with Gasteiger partial charge in [-0.25, -0.2) is 8.42 Å². The van der Waals surface area contributed by atoms with Gasteiger partial charge in [0.25, 0.3) is 5.91 Å². The summed E-state index contributed by atoms with van der Waals surface area (Å²) >= 11 is 1.18. The molecule has 0 radical (unpaired) electrons. The highest BCUT2D eigenvalue weighted by atomic mass is 32.2. The highest BCUT2D eigenvalue weighted by Gasteiger charge is 2.31. The first-order chi connectivity index (χ1) is 14.9.